The molecule has 166 valence electrons. The molecule has 4 rings (SSSR count). The maximum atomic E-state index is 12.9. The van der Waals surface area contributed by atoms with Gasteiger partial charge in [-0.05, 0) is 42.8 Å². The van der Waals surface area contributed by atoms with E-state index in [2.05, 4.69) is 4.72 Å². The van der Waals surface area contributed by atoms with E-state index in [1.807, 2.05) is 0 Å². The van der Waals surface area contributed by atoms with Crippen molar-refractivity contribution < 1.29 is 26.4 Å². The number of rotatable bonds is 6. The fraction of sp³-hybridized carbons (Fsp3) is 0.350. The lowest BCUT2D eigenvalue weighted by Gasteiger charge is -2.26. The van der Waals surface area contributed by atoms with Gasteiger partial charge in [-0.2, -0.15) is 4.31 Å². The minimum Gasteiger partial charge on any atom is -0.379 e. The summed E-state index contributed by atoms with van der Waals surface area (Å²) < 4.78 is 60.3. The summed E-state index contributed by atoms with van der Waals surface area (Å²) >= 11 is 0. The van der Waals surface area contributed by atoms with Gasteiger partial charge in [0.05, 0.1) is 34.4 Å². The van der Waals surface area contributed by atoms with Crippen molar-refractivity contribution in [1.29, 1.82) is 0 Å². The van der Waals surface area contributed by atoms with Gasteiger partial charge in [0.2, 0.25) is 15.9 Å². The third-order valence-electron chi connectivity index (χ3n) is 5.25. The Morgan fingerprint density at radius 3 is 2.13 bits per heavy atom. The molecule has 0 unspecified atom stereocenters. The van der Waals surface area contributed by atoms with Crippen molar-refractivity contribution in [1.82, 2.24) is 4.31 Å². The number of hydrogen-bond acceptors (Lipinski definition) is 6. The molecular formula is C20H23N3O6S2. The van der Waals surface area contributed by atoms with Crippen LogP contribution in [0, 0.1) is 0 Å². The first-order valence-electron chi connectivity index (χ1n) is 9.89. The number of anilines is 2. The molecule has 2 aliphatic rings. The van der Waals surface area contributed by atoms with Crippen LogP contribution in [-0.2, 0) is 29.6 Å². The summed E-state index contributed by atoms with van der Waals surface area (Å²) in [6.07, 6.45) is 1.15. The molecule has 0 aromatic heterocycles. The minimum atomic E-state index is -3.99. The quantitative estimate of drug-likeness (QED) is 0.694. The predicted octanol–water partition coefficient (Wildman–Crippen LogP) is 1.64. The van der Waals surface area contributed by atoms with Crippen LogP contribution in [0.25, 0.3) is 0 Å². The molecule has 0 radical (unpaired) electrons. The number of morpholine rings is 1. The molecule has 2 heterocycles. The Labute approximate surface area is 181 Å². The number of nitrogens with zero attached hydrogens (tertiary/aromatic N) is 2. The molecule has 2 aromatic rings. The van der Waals surface area contributed by atoms with Crippen LogP contribution in [0.4, 0.5) is 11.4 Å². The average molecular weight is 466 g/mol. The summed E-state index contributed by atoms with van der Waals surface area (Å²) in [6, 6.07) is 11.8. The fourth-order valence-corrected chi connectivity index (χ4v) is 6.11. The zero-order chi connectivity index (χ0) is 22.1. The number of amides is 1. The van der Waals surface area contributed by atoms with Crippen molar-refractivity contribution in [2.24, 2.45) is 0 Å². The SMILES string of the molecule is O=C1CCCN1c1ccccc1NS(=O)(=O)c1ccc(S(=O)(=O)N2CCOCC2)cc1. The topological polar surface area (TPSA) is 113 Å². The van der Waals surface area contributed by atoms with Gasteiger partial charge in [0.15, 0.2) is 0 Å². The molecule has 1 N–H and O–H groups in total. The van der Waals surface area contributed by atoms with Crippen molar-refractivity contribution in [2.45, 2.75) is 22.6 Å². The predicted molar refractivity (Wildman–Crippen MR) is 115 cm³/mol. The van der Waals surface area contributed by atoms with E-state index in [1.165, 1.54) is 28.6 Å². The molecule has 0 bridgehead atoms. The first-order chi connectivity index (χ1) is 14.8. The number of carbonyl (C=O) groups is 1. The van der Waals surface area contributed by atoms with Crippen molar-refractivity contribution in [3.8, 4) is 0 Å². The fourth-order valence-electron chi connectivity index (χ4n) is 3.63. The second kappa shape index (κ2) is 8.58. The summed E-state index contributed by atoms with van der Waals surface area (Å²) in [4.78, 5) is 13.6. The van der Waals surface area contributed by atoms with Gasteiger partial charge in [0, 0.05) is 26.1 Å². The van der Waals surface area contributed by atoms with Crippen LogP contribution in [0.15, 0.2) is 58.3 Å². The van der Waals surface area contributed by atoms with Gasteiger partial charge in [-0.15, -0.1) is 0 Å². The van der Waals surface area contributed by atoms with Gasteiger partial charge in [-0.3, -0.25) is 9.52 Å². The maximum absolute atomic E-state index is 12.9. The number of hydrogen-bond donors (Lipinski definition) is 1. The summed E-state index contributed by atoms with van der Waals surface area (Å²) in [7, 11) is -7.70. The molecule has 2 saturated heterocycles. The normalized spacial score (nSPS) is 18.3. The summed E-state index contributed by atoms with van der Waals surface area (Å²) in [5, 5.41) is 0. The van der Waals surface area contributed by atoms with Crippen LogP contribution in [-0.4, -0.2) is 59.9 Å². The lowest BCUT2D eigenvalue weighted by atomic mass is 10.2. The van der Waals surface area contributed by atoms with Gasteiger partial charge >= 0.3 is 0 Å². The number of nitrogens with one attached hydrogen (secondary N) is 1. The Bertz CT molecular complexity index is 1170. The Morgan fingerprint density at radius 1 is 0.839 bits per heavy atom. The number of carbonyl (C=O) groups excluding carboxylic acids is 1. The molecule has 2 aliphatic heterocycles. The van der Waals surface area contributed by atoms with Crippen LogP contribution >= 0.6 is 0 Å². The highest BCUT2D eigenvalue weighted by molar-refractivity contribution is 7.92. The van der Waals surface area contributed by atoms with Gasteiger partial charge in [0.25, 0.3) is 10.0 Å². The van der Waals surface area contributed by atoms with Crippen LogP contribution in [0.1, 0.15) is 12.8 Å². The number of sulfonamides is 2. The first-order valence-corrected chi connectivity index (χ1v) is 12.8. The van der Waals surface area contributed by atoms with Gasteiger partial charge < -0.3 is 9.64 Å². The van der Waals surface area contributed by atoms with Crippen molar-refractivity contribution >= 4 is 37.3 Å². The lowest BCUT2D eigenvalue weighted by molar-refractivity contribution is -0.117. The molecule has 0 saturated carbocycles. The van der Waals surface area contributed by atoms with Crippen LogP contribution in [0.5, 0.6) is 0 Å². The Balaban J connectivity index is 1.57. The lowest BCUT2D eigenvalue weighted by Crippen LogP contribution is -2.40. The highest BCUT2D eigenvalue weighted by Gasteiger charge is 2.28. The highest BCUT2D eigenvalue weighted by atomic mass is 32.2. The average Bonchev–Trinajstić information content (AvgIpc) is 3.20. The molecule has 11 heteroatoms. The van der Waals surface area contributed by atoms with Gasteiger partial charge in [-0.25, -0.2) is 16.8 Å². The second-order valence-corrected chi connectivity index (χ2v) is 10.9. The molecule has 2 fully saturated rings. The van der Waals surface area contributed by atoms with Crippen molar-refractivity contribution in [3.63, 3.8) is 0 Å². The molecule has 0 aliphatic carbocycles. The molecule has 1 amide bonds. The zero-order valence-electron chi connectivity index (χ0n) is 16.7. The van der Waals surface area contributed by atoms with E-state index in [9.17, 15) is 21.6 Å². The van der Waals surface area contributed by atoms with E-state index in [1.54, 1.807) is 29.2 Å². The minimum absolute atomic E-state index is 0.0245. The van der Waals surface area contributed by atoms with E-state index in [0.717, 1.165) is 6.42 Å². The Hall–Kier alpha value is -2.47. The second-order valence-electron chi connectivity index (χ2n) is 7.26. The smallest absolute Gasteiger partial charge is 0.261 e. The van der Waals surface area contributed by atoms with E-state index < -0.39 is 20.0 Å². The van der Waals surface area contributed by atoms with E-state index in [4.69, 9.17) is 4.74 Å². The molecule has 0 spiro atoms. The number of ether oxygens (including phenoxy) is 1. The van der Waals surface area contributed by atoms with Crippen LogP contribution in [0.3, 0.4) is 0 Å². The van der Waals surface area contributed by atoms with E-state index >= 15 is 0 Å². The van der Waals surface area contributed by atoms with Crippen LogP contribution in [0.2, 0.25) is 0 Å². The van der Waals surface area contributed by atoms with Gasteiger partial charge in [-0.1, -0.05) is 12.1 Å². The molecule has 9 nitrogen and oxygen atoms in total. The Kier molecular flexibility index (Phi) is 6.02. The van der Waals surface area contributed by atoms with Crippen molar-refractivity contribution in [3.05, 3.63) is 48.5 Å². The van der Waals surface area contributed by atoms with Crippen molar-refractivity contribution in [2.75, 3.05) is 42.5 Å². The zero-order valence-corrected chi connectivity index (χ0v) is 18.4. The standard InChI is InChI=1S/C20H23N3O6S2/c24-20-6-3-11-23(20)19-5-2-1-4-18(19)21-30(25,26)16-7-9-17(10-8-16)31(27,28)22-12-14-29-15-13-22/h1-2,4-5,7-10,21H,3,6,11-15H2. The largest absolute Gasteiger partial charge is 0.379 e. The third-order valence-corrected chi connectivity index (χ3v) is 8.55. The molecule has 0 atom stereocenters. The molecule has 31 heavy (non-hydrogen) atoms. The monoisotopic (exact) mass is 465 g/mol. The summed E-state index contributed by atoms with van der Waals surface area (Å²) in [6.45, 7) is 1.71. The highest BCUT2D eigenvalue weighted by Crippen LogP contribution is 2.31. The Morgan fingerprint density at radius 2 is 1.48 bits per heavy atom. The number of benzene rings is 2. The summed E-state index contributed by atoms with van der Waals surface area (Å²) in [5.74, 6) is -0.0516. The van der Waals surface area contributed by atoms with Crippen LogP contribution < -0.4 is 9.62 Å². The third kappa shape index (κ3) is 4.45. The van der Waals surface area contributed by atoms with Gasteiger partial charge in [0.1, 0.15) is 0 Å². The molecular weight excluding hydrogens is 442 g/mol. The summed E-state index contributed by atoms with van der Waals surface area (Å²) in [5.41, 5.74) is 0.794. The first kappa shape index (κ1) is 21.8. The van der Waals surface area contributed by atoms with E-state index in [0.29, 0.717) is 37.6 Å². The van der Waals surface area contributed by atoms with E-state index in [-0.39, 0.29) is 28.8 Å². The maximum Gasteiger partial charge on any atom is 0.261 e. The molecule has 2 aromatic carbocycles. The number of para-hydroxylation sites is 2.